The quantitative estimate of drug-likeness (QED) is 0.637. The molecule has 0 aliphatic heterocycles. The Labute approximate surface area is 150 Å². The average molecular weight is 384 g/mol. The van der Waals surface area contributed by atoms with Crippen LogP contribution < -0.4 is 5.56 Å². The predicted molar refractivity (Wildman–Crippen MR) is 92.5 cm³/mol. The Morgan fingerprint density at radius 2 is 1.88 bits per heavy atom. The van der Waals surface area contributed by atoms with Crippen molar-refractivity contribution in [1.29, 1.82) is 0 Å². The second kappa shape index (κ2) is 6.66. The van der Waals surface area contributed by atoms with Crippen LogP contribution in [-0.2, 0) is 12.6 Å². The maximum Gasteiger partial charge on any atom is 0.418 e. The van der Waals surface area contributed by atoms with E-state index in [4.69, 9.17) is 11.6 Å². The third-order valence-electron chi connectivity index (χ3n) is 4.04. The molecule has 4 nitrogen and oxygen atoms in total. The van der Waals surface area contributed by atoms with Gasteiger partial charge in [-0.2, -0.15) is 13.2 Å². The minimum Gasteiger partial charge on any atom is -0.507 e. The molecule has 136 valence electrons. The second-order valence-electron chi connectivity index (χ2n) is 5.67. The van der Waals surface area contributed by atoms with Crippen LogP contribution in [-0.4, -0.2) is 21.8 Å². The Bertz CT molecular complexity index is 1040. The Morgan fingerprint density at radius 1 is 1.15 bits per heavy atom. The molecular formula is C18H13ClF3NO3. The van der Waals surface area contributed by atoms with E-state index in [1.54, 1.807) is 0 Å². The lowest BCUT2D eigenvalue weighted by molar-refractivity contribution is -0.136. The van der Waals surface area contributed by atoms with E-state index < -0.39 is 17.3 Å². The highest BCUT2D eigenvalue weighted by Gasteiger charge is 2.34. The lowest BCUT2D eigenvalue weighted by Crippen LogP contribution is -2.18. The molecule has 0 saturated carbocycles. The number of aliphatic hydroxyl groups excluding tert-OH is 1. The molecule has 1 heterocycles. The lowest BCUT2D eigenvalue weighted by atomic mass is 9.93. The van der Waals surface area contributed by atoms with Gasteiger partial charge in [0.05, 0.1) is 11.1 Å². The molecule has 0 bridgehead atoms. The first-order valence-electron chi connectivity index (χ1n) is 7.59. The number of halogens is 4. The summed E-state index contributed by atoms with van der Waals surface area (Å²) in [6, 6.07) is 7.58. The van der Waals surface area contributed by atoms with Gasteiger partial charge in [0.25, 0.3) is 5.56 Å². The zero-order valence-electron chi connectivity index (χ0n) is 13.2. The van der Waals surface area contributed by atoms with Crippen molar-refractivity contribution in [3.05, 3.63) is 62.9 Å². The van der Waals surface area contributed by atoms with Crippen LogP contribution in [0.2, 0.25) is 5.02 Å². The van der Waals surface area contributed by atoms with E-state index in [9.17, 15) is 28.2 Å². The maximum absolute atomic E-state index is 13.3. The normalized spacial score (nSPS) is 11.9. The largest absolute Gasteiger partial charge is 0.507 e. The van der Waals surface area contributed by atoms with Gasteiger partial charge in [0.1, 0.15) is 5.75 Å². The molecule has 0 unspecified atom stereocenters. The maximum atomic E-state index is 13.3. The van der Waals surface area contributed by atoms with Crippen LogP contribution >= 0.6 is 11.6 Å². The van der Waals surface area contributed by atoms with Crippen molar-refractivity contribution in [1.82, 2.24) is 4.98 Å². The minimum atomic E-state index is -4.67. The summed E-state index contributed by atoms with van der Waals surface area (Å²) in [5, 5.41) is 19.8. The number of pyridine rings is 1. The zero-order valence-corrected chi connectivity index (χ0v) is 13.9. The third kappa shape index (κ3) is 3.15. The first-order valence-corrected chi connectivity index (χ1v) is 7.96. The van der Waals surface area contributed by atoms with Crippen molar-refractivity contribution in [2.75, 3.05) is 6.61 Å². The van der Waals surface area contributed by atoms with Crippen molar-refractivity contribution in [3.63, 3.8) is 0 Å². The number of para-hydroxylation sites is 1. The molecule has 0 amide bonds. The summed E-state index contributed by atoms with van der Waals surface area (Å²) >= 11 is 5.96. The van der Waals surface area contributed by atoms with Gasteiger partial charge in [0, 0.05) is 40.1 Å². The van der Waals surface area contributed by atoms with Gasteiger partial charge in [-0.25, -0.2) is 0 Å². The number of phenols is 1. The fourth-order valence-corrected chi connectivity index (χ4v) is 3.14. The third-order valence-corrected chi connectivity index (χ3v) is 4.28. The van der Waals surface area contributed by atoms with Crippen molar-refractivity contribution >= 4 is 22.5 Å². The highest BCUT2D eigenvalue weighted by molar-refractivity contribution is 6.31. The van der Waals surface area contributed by atoms with Gasteiger partial charge in [-0.3, -0.25) is 4.79 Å². The van der Waals surface area contributed by atoms with Crippen molar-refractivity contribution < 1.29 is 23.4 Å². The minimum absolute atomic E-state index is 0.0666. The molecule has 0 spiro atoms. The smallest absolute Gasteiger partial charge is 0.418 e. The molecule has 0 radical (unpaired) electrons. The number of fused-ring (bicyclic) bond motifs is 1. The number of alkyl halides is 3. The summed E-state index contributed by atoms with van der Waals surface area (Å²) in [4.78, 5) is 14.7. The van der Waals surface area contributed by atoms with E-state index in [-0.39, 0.29) is 51.4 Å². The molecule has 3 N–H and O–H groups in total. The first-order chi connectivity index (χ1) is 12.2. The van der Waals surface area contributed by atoms with E-state index in [0.29, 0.717) is 0 Å². The Balaban J connectivity index is 2.51. The van der Waals surface area contributed by atoms with Gasteiger partial charge in [-0.1, -0.05) is 23.7 Å². The molecule has 3 aromatic rings. The number of benzene rings is 2. The topological polar surface area (TPSA) is 73.3 Å². The number of aromatic hydroxyl groups is 1. The number of hydrogen-bond donors (Lipinski definition) is 3. The summed E-state index contributed by atoms with van der Waals surface area (Å²) in [5.74, 6) is -0.238. The Kier molecular flexibility index (Phi) is 4.68. The Hall–Kier alpha value is -2.51. The van der Waals surface area contributed by atoms with E-state index in [1.165, 1.54) is 30.3 Å². The lowest BCUT2D eigenvalue weighted by Gasteiger charge is -2.16. The van der Waals surface area contributed by atoms with Crippen LogP contribution in [0.4, 0.5) is 13.2 Å². The molecule has 3 rings (SSSR count). The highest BCUT2D eigenvalue weighted by Crippen LogP contribution is 2.40. The second-order valence-corrected chi connectivity index (χ2v) is 6.11. The fraction of sp³-hybridized carbons (Fsp3) is 0.167. The van der Waals surface area contributed by atoms with Crippen LogP contribution in [0.15, 0.2) is 41.2 Å². The number of aromatic amines is 1. The summed E-state index contributed by atoms with van der Waals surface area (Å²) in [6.07, 6.45) is -4.77. The summed E-state index contributed by atoms with van der Waals surface area (Å²) in [7, 11) is 0. The number of aromatic nitrogens is 1. The van der Waals surface area contributed by atoms with Gasteiger partial charge in [-0.05, 0) is 24.3 Å². The number of phenolic OH excluding ortho intramolecular Hbond substituents is 1. The van der Waals surface area contributed by atoms with Crippen LogP contribution in [0, 0.1) is 0 Å². The van der Waals surface area contributed by atoms with Crippen molar-refractivity contribution in [2.24, 2.45) is 0 Å². The molecule has 0 aliphatic rings. The molecule has 26 heavy (non-hydrogen) atoms. The van der Waals surface area contributed by atoms with E-state index in [2.05, 4.69) is 4.98 Å². The van der Waals surface area contributed by atoms with Gasteiger partial charge in [0.15, 0.2) is 0 Å². The molecule has 0 aliphatic carbocycles. The van der Waals surface area contributed by atoms with E-state index in [1.807, 2.05) is 0 Å². The standard InChI is InChI=1S/C18H13ClF3NO3/c19-9-4-5-14(25)12(8-9)15-10-2-1-3-13(18(20,21)22)16(10)23-17(26)11(15)6-7-24/h1-5,8,24-25H,6-7H2,(H,23,26). The SMILES string of the molecule is O=c1[nH]c2c(C(F)(F)F)cccc2c(-c2cc(Cl)ccc2O)c1CCO. The summed E-state index contributed by atoms with van der Waals surface area (Å²) < 4.78 is 40.0. The number of rotatable bonds is 3. The highest BCUT2D eigenvalue weighted by atomic mass is 35.5. The fourth-order valence-electron chi connectivity index (χ4n) is 2.96. The van der Waals surface area contributed by atoms with Gasteiger partial charge >= 0.3 is 6.18 Å². The molecule has 0 saturated heterocycles. The predicted octanol–water partition coefficient (Wildman–Crippen LogP) is 4.11. The molecule has 2 aromatic carbocycles. The van der Waals surface area contributed by atoms with Crippen LogP contribution in [0.25, 0.3) is 22.0 Å². The number of hydrogen-bond acceptors (Lipinski definition) is 3. The zero-order chi connectivity index (χ0) is 19.1. The van der Waals surface area contributed by atoms with Crippen LogP contribution in [0.5, 0.6) is 5.75 Å². The van der Waals surface area contributed by atoms with E-state index >= 15 is 0 Å². The molecule has 0 fully saturated rings. The first kappa shape index (κ1) is 18.3. The number of H-pyrrole nitrogens is 1. The monoisotopic (exact) mass is 383 g/mol. The van der Waals surface area contributed by atoms with Crippen molar-refractivity contribution in [2.45, 2.75) is 12.6 Å². The Morgan fingerprint density at radius 3 is 2.54 bits per heavy atom. The average Bonchev–Trinajstić information content (AvgIpc) is 2.57. The van der Waals surface area contributed by atoms with Gasteiger partial charge in [-0.15, -0.1) is 0 Å². The number of aliphatic hydroxyl groups is 1. The van der Waals surface area contributed by atoms with E-state index in [0.717, 1.165) is 6.07 Å². The molecular weight excluding hydrogens is 371 g/mol. The van der Waals surface area contributed by atoms with Crippen LogP contribution in [0.1, 0.15) is 11.1 Å². The summed E-state index contributed by atoms with van der Waals surface area (Å²) in [5.41, 5.74) is -1.85. The van der Waals surface area contributed by atoms with Crippen LogP contribution in [0.3, 0.4) is 0 Å². The van der Waals surface area contributed by atoms with Gasteiger partial charge < -0.3 is 15.2 Å². The van der Waals surface area contributed by atoms with Crippen molar-refractivity contribution in [3.8, 4) is 16.9 Å². The molecule has 0 atom stereocenters. The van der Waals surface area contributed by atoms with Gasteiger partial charge in [0.2, 0.25) is 0 Å². The summed E-state index contributed by atoms with van der Waals surface area (Å²) in [6.45, 7) is -0.387. The molecule has 1 aromatic heterocycles. The number of nitrogens with one attached hydrogen (secondary N) is 1. The molecule has 8 heteroatoms.